The number of nitrogens with two attached hydrogens (primary N) is 1. The normalized spacial score (nSPS) is 12.0. The third kappa shape index (κ3) is 4.94. The van der Waals surface area contributed by atoms with Crippen LogP contribution in [0.15, 0.2) is 18.2 Å². The number of carbonyl (C=O) groups excluding carboxylic acids is 1. The molecule has 0 aromatic heterocycles. The van der Waals surface area contributed by atoms with Crippen LogP contribution in [0.2, 0.25) is 5.02 Å². The first-order valence-corrected chi connectivity index (χ1v) is 6.28. The Morgan fingerprint density at radius 2 is 2.28 bits per heavy atom. The van der Waals surface area contributed by atoms with Crippen molar-refractivity contribution in [3.63, 3.8) is 0 Å². The van der Waals surface area contributed by atoms with Gasteiger partial charge in [0, 0.05) is 23.2 Å². The molecule has 0 saturated carbocycles. The van der Waals surface area contributed by atoms with E-state index in [4.69, 9.17) is 22.1 Å². The van der Waals surface area contributed by atoms with E-state index in [0.717, 1.165) is 12.0 Å². The fourth-order valence-electron chi connectivity index (χ4n) is 1.38. The van der Waals surface area contributed by atoms with Gasteiger partial charge in [0.05, 0.1) is 0 Å². The van der Waals surface area contributed by atoms with Gasteiger partial charge in [0.15, 0.2) is 6.61 Å². The second kappa shape index (κ2) is 7.24. The molecule has 0 aliphatic carbocycles. The van der Waals surface area contributed by atoms with E-state index >= 15 is 0 Å². The number of amides is 1. The van der Waals surface area contributed by atoms with Crippen molar-refractivity contribution in [2.24, 2.45) is 5.73 Å². The highest BCUT2D eigenvalue weighted by Gasteiger charge is 2.06. The molecule has 0 aliphatic rings. The Hall–Kier alpha value is -1.26. The van der Waals surface area contributed by atoms with Crippen molar-refractivity contribution in [1.29, 1.82) is 0 Å². The summed E-state index contributed by atoms with van der Waals surface area (Å²) in [4.78, 5) is 11.5. The number of ether oxygens (including phenoxy) is 1. The predicted molar refractivity (Wildman–Crippen MR) is 73.0 cm³/mol. The highest BCUT2D eigenvalue weighted by atomic mass is 35.5. The number of hydrogen-bond donors (Lipinski definition) is 2. The summed E-state index contributed by atoms with van der Waals surface area (Å²) in [7, 11) is 0. The van der Waals surface area contributed by atoms with Crippen LogP contribution in [0.5, 0.6) is 5.75 Å². The molecule has 0 bridgehead atoms. The molecule has 1 unspecified atom stereocenters. The van der Waals surface area contributed by atoms with Gasteiger partial charge in [-0.1, -0.05) is 17.7 Å². The molecule has 5 heteroatoms. The van der Waals surface area contributed by atoms with E-state index in [2.05, 4.69) is 5.32 Å². The van der Waals surface area contributed by atoms with E-state index in [1.54, 1.807) is 18.2 Å². The minimum atomic E-state index is -0.157. The molecule has 0 spiro atoms. The van der Waals surface area contributed by atoms with Crippen LogP contribution in [0, 0.1) is 6.92 Å². The monoisotopic (exact) mass is 270 g/mol. The summed E-state index contributed by atoms with van der Waals surface area (Å²) in [6.45, 7) is 4.30. The van der Waals surface area contributed by atoms with Crippen LogP contribution >= 0.6 is 11.6 Å². The second-order valence-electron chi connectivity index (χ2n) is 4.27. The van der Waals surface area contributed by atoms with Crippen LogP contribution in [0.25, 0.3) is 0 Å². The Balaban J connectivity index is 2.36. The molecule has 1 amide bonds. The van der Waals surface area contributed by atoms with Gasteiger partial charge >= 0.3 is 0 Å². The maximum atomic E-state index is 11.5. The number of carbonyl (C=O) groups is 1. The number of rotatable bonds is 6. The lowest BCUT2D eigenvalue weighted by atomic mass is 10.2. The largest absolute Gasteiger partial charge is 0.483 e. The summed E-state index contributed by atoms with van der Waals surface area (Å²) in [5, 5.41) is 3.37. The Morgan fingerprint density at radius 3 is 2.94 bits per heavy atom. The fourth-order valence-corrected chi connectivity index (χ4v) is 1.54. The first kappa shape index (κ1) is 14.8. The summed E-state index contributed by atoms with van der Waals surface area (Å²) in [5.41, 5.74) is 6.42. The number of nitrogens with one attached hydrogen (secondary N) is 1. The maximum absolute atomic E-state index is 11.5. The molecular weight excluding hydrogens is 252 g/mol. The molecule has 3 N–H and O–H groups in total. The van der Waals surface area contributed by atoms with Gasteiger partial charge in [-0.25, -0.2) is 0 Å². The van der Waals surface area contributed by atoms with Crippen LogP contribution in [0.1, 0.15) is 18.9 Å². The van der Waals surface area contributed by atoms with Crippen molar-refractivity contribution in [3.8, 4) is 5.75 Å². The Kier molecular flexibility index (Phi) is 5.95. The number of halogens is 1. The van der Waals surface area contributed by atoms with Crippen LogP contribution < -0.4 is 15.8 Å². The zero-order chi connectivity index (χ0) is 13.5. The van der Waals surface area contributed by atoms with E-state index in [1.807, 2.05) is 13.8 Å². The van der Waals surface area contributed by atoms with Gasteiger partial charge < -0.3 is 15.8 Å². The van der Waals surface area contributed by atoms with Crippen LogP contribution in [-0.2, 0) is 4.79 Å². The van der Waals surface area contributed by atoms with E-state index in [0.29, 0.717) is 17.3 Å². The fraction of sp³-hybridized carbons (Fsp3) is 0.462. The topological polar surface area (TPSA) is 64.3 Å². The zero-order valence-electron chi connectivity index (χ0n) is 10.7. The maximum Gasteiger partial charge on any atom is 0.257 e. The molecular formula is C13H19ClN2O2. The lowest BCUT2D eigenvalue weighted by Crippen LogP contribution is -2.32. The molecule has 1 aromatic carbocycles. The zero-order valence-corrected chi connectivity index (χ0v) is 11.5. The van der Waals surface area contributed by atoms with Gasteiger partial charge in [-0.2, -0.15) is 0 Å². The van der Waals surface area contributed by atoms with E-state index < -0.39 is 0 Å². The van der Waals surface area contributed by atoms with Gasteiger partial charge in [-0.15, -0.1) is 0 Å². The highest BCUT2D eigenvalue weighted by molar-refractivity contribution is 6.31. The predicted octanol–water partition coefficient (Wildman–Crippen LogP) is 1.88. The molecule has 0 aliphatic heterocycles. The summed E-state index contributed by atoms with van der Waals surface area (Å²) < 4.78 is 5.41. The number of benzene rings is 1. The minimum absolute atomic E-state index is 0.0138. The van der Waals surface area contributed by atoms with Gasteiger partial charge in [0.2, 0.25) is 0 Å². The van der Waals surface area contributed by atoms with Gasteiger partial charge in [-0.05, 0) is 32.4 Å². The first-order chi connectivity index (χ1) is 8.50. The average molecular weight is 271 g/mol. The molecule has 4 nitrogen and oxygen atoms in total. The van der Waals surface area contributed by atoms with Crippen LogP contribution in [0.4, 0.5) is 0 Å². The van der Waals surface area contributed by atoms with Crippen molar-refractivity contribution < 1.29 is 9.53 Å². The van der Waals surface area contributed by atoms with Crippen LogP contribution in [0.3, 0.4) is 0 Å². The quantitative estimate of drug-likeness (QED) is 0.830. The third-order valence-electron chi connectivity index (χ3n) is 2.50. The molecule has 0 radical (unpaired) electrons. The molecule has 1 atom stereocenters. The van der Waals surface area contributed by atoms with Crippen molar-refractivity contribution in [2.45, 2.75) is 26.3 Å². The second-order valence-corrected chi connectivity index (χ2v) is 4.67. The molecule has 100 valence electrons. The van der Waals surface area contributed by atoms with Crippen molar-refractivity contribution in [1.82, 2.24) is 5.32 Å². The summed E-state index contributed by atoms with van der Waals surface area (Å²) in [5.74, 6) is 0.472. The van der Waals surface area contributed by atoms with Crippen molar-refractivity contribution in [3.05, 3.63) is 28.8 Å². The van der Waals surface area contributed by atoms with Gasteiger partial charge in [-0.3, -0.25) is 4.79 Å². The lowest BCUT2D eigenvalue weighted by molar-refractivity contribution is -0.123. The number of hydrogen-bond acceptors (Lipinski definition) is 3. The first-order valence-electron chi connectivity index (χ1n) is 5.91. The van der Waals surface area contributed by atoms with Crippen LogP contribution in [-0.4, -0.2) is 25.1 Å². The van der Waals surface area contributed by atoms with Crippen molar-refractivity contribution >= 4 is 17.5 Å². The molecule has 18 heavy (non-hydrogen) atoms. The molecule has 0 heterocycles. The van der Waals surface area contributed by atoms with E-state index in [-0.39, 0.29) is 18.6 Å². The smallest absolute Gasteiger partial charge is 0.257 e. The Labute approximate surface area is 112 Å². The summed E-state index contributed by atoms with van der Waals surface area (Å²) in [6.07, 6.45) is 0.752. The average Bonchev–Trinajstić information content (AvgIpc) is 2.30. The van der Waals surface area contributed by atoms with Crippen molar-refractivity contribution in [2.75, 3.05) is 13.2 Å². The lowest BCUT2D eigenvalue weighted by Gasteiger charge is -2.11. The third-order valence-corrected chi connectivity index (χ3v) is 2.91. The van der Waals surface area contributed by atoms with E-state index in [9.17, 15) is 4.79 Å². The Morgan fingerprint density at radius 1 is 1.56 bits per heavy atom. The summed E-state index contributed by atoms with van der Waals surface area (Å²) in [6, 6.07) is 5.45. The Bertz CT molecular complexity index is 408. The van der Waals surface area contributed by atoms with Gasteiger partial charge in [0.25, 0.3) is 5.91 Å². The summed E-state index contributed by atoms with van der Waals surface area (Å²) >= 11 is 5.95. The highest BCUT2D eigenvalue weighted by Crippen LogP contribution is 2.24. The SMILES string of the molecule is Cc1c(Cl)cccc1OCC(=O)NCCC(C)N. The molecule has 0 fully saturated rings. The standard InChI is InChI=1S/C13H19ClN2O2/c1-9(15)6-7-16-13(17)8-18-12-5-3-4-11(14)10(12)2/h3-5,9H,6-8,15H2,1-2H3,(H,16,17). The van der Waals surface area contributed by atoms with Gasteiger partial charge in [0.1, 0.15) is 5.75 Å². The molecule has 1 rings (SSSR count). The van der Waals surface area contributed by atoms with E-state index in [1.165, 1.54) is 0 Å². The molecule has 0 saturated heterocycles. The minimum Gasteiger partial charge on any atom is -0.483 e. The molecule has 1 aromatic rings.